The first kappa shape index (κ1) is 20.2. The molecule has 2 aliphatic heterocycles. The molecule has 1 saturated heterocycles. The summed E-state index contributed by atoms with van der Waals surface area (Å²) in [6.07, 6.45) is 0.241. The maximum absolute atomic E-state index is 13.9. The number of piperidine rings is 1. The minimum absolute atomic E-state index is 0.0153. The third-order valence-corrected chi connectivity index (χ3v) is 7.11. The molecule has 8 nitrogen and oxygen atoms in total. The van der Waals surface area contributed by atoms with Gasteiger partial charge in [-0.2, -0.15) is 4.31 Å². The number of carbonyl (C=O) groups excluding carboxylic acids is 3. The molecule has 0 bridgehead atoms. The smallest absolute Gasteiger partial charge is 0.329 e. The lowest BCUT2D eigenvalue weighted by Crippen LogP contribution is -2.42. The molecule has 1 fully saturated rings. The summed E-state index contributed by atoms with van der Waals surface area (Å²) in [5.74, 6) is -3.76. The molecule has 0 spiro atoms. The van der Waals surface area contributed by atoms with Crippen LogP contribution in [0.5, 0.6) is 0 Å². The van der Waals surface area contributed by atoms with Crippen LogP contribution in [0.4, 0.5) is 4.39 Å². The Morgan fingerprint density at radius 1 is 0.933 bits per heavy atom. The molecule has 0 atom stereocenters. The predicted octanol–water partition coefficient (Wildman–Crippen LogP) is 1.98. The molecule has 2 amide bonds. The number of sulfonamides is 1. The first-order chi connectivity index (χ1) is 14.3. The van der Waals surface area contributed by atoms with Gasteiger partial charge in [-0.1, -0.05) is 29.3 Å². The SMILES string of the molecule is O=C(ON1C(=O)c2ccccc2C1=O)C1CCN(S(=O)(=O)c2ccccc2F)CC1. The summed E-state index contributed by atoms with van der Waals surface area (Å²) >= 11 is 0. The number of benzene rings is 2. The Kier molecular flexibility index (Phi) is 5.12. The van der Waals surface area contributed by atoms with Crippen LogP contribution in [0.15, 0.2) is 53.4 Å². The zero-order valence-corrected chi connectivity index (χ0v) is 16.5. The number of hydroxylamine groups is 2. The average Bonchev–Trinajstić information content (AvgIpc) is 2.99. The Bertz CT molecular complexity index is 1110. The topological polar surface area (TPSA) is 101 Å². The van der Waals surface area contributed by atoms with Crippen LogP contribution in [0.3, 0.4) is 0 Å². The summed E-state index contributed by atoms with van der Waals surface area (Å²) in [7, 11) is -4.03. The monoisotopic (exact) mass is 432 g/mol. The van der Waals surface area contributed by atoms with Gasteiger partial charge in [0.2, 0.25) is 10.0 Å². The number of imide groups is 1. The van der Waals surface area contributed by atoms with Gasteiger partial charge >= 0.3 is 5.97 Å². The van der Waals surface area contributed by atoms with Crippen molar-refractivity contribution < 1.29 is 32.0 Å². The van der Waals surface area contributed by atoms with E-state index < -0.39 is 44.4 Å². The van der Waals surface area contributed by atoms with Crippen LogP contribution in [0.1, 0.15) is 33.6 Å². The van der Waals surface area contributed by atoms with Crippen molar-refractivity contribution in [2.24, 2.45) is 5.92 Å². The van der Waals surface area contributed by atoms with Crippen molar-refractivity contribution in [3.63, 3.8) is 0 Å². The molecule has 10 heteroatoms. The van der Waals surface area contributed by atoms with E-state index in [1.807, 2.05) is 0 Å². The molecule has 4 rings (SSSR count). The Morgan fingerprint density at radius 2 is 1.47 bits per heavy atom. The summed E-state index contributed by atoms with van der Waals surface area (Å²) in [6, 6.07) is 11.2. The van der Waals surface area contributed by atoms with Gasteiger partial charge in [0.25, 0.3) is 11.8 Å². The van der Waals surface area contributed by atoms with E-state index in [2.05, 4.69) is 0 Å². The van der Waals surface area contributed by atoms with Crippen molar-refractivity contribution >= 4 is 27.8 Å². The third kappa shape index (κ3) is 3.37. The molecule has 0 radical (unpaired) electrons. The second-order valence-electron chi connectivity index (χ2n) is 6.97. The number of amides is 2. The first-order valence-electron chi connectivity index (χ1n) is 9.25. The Balaban J connectivity index is 1.40. The van der Waals surface area contributed by atoms with Crippen molar-refractivity contribution in [3.8, 4) is 0 Å². The quantitative estimate of drug-likeness (QED) is 0.685. The second kappa shape index (κ2) is 7.62. The van der Waals surface area contributed by atoms with Crippen LogP contribution in [0, 0.1) is 11.7 Å². The van der Waals surface area contributed by atoms with Gasteiger partial charge in [0, 0.05) is 13.1 Å². The van der Waals surface area contributed by atoms with E-state index in [4.69, 9.17) is 4.84 Å². The van der Waals surface area contributed by atoms with Gasteiger partial charge in [-0.15, -0.1) is 0 Å². The molecule has 0 aromatic heterocycles. The molecule has 0 aliphatic carbocycles. The van der Waals surface area contributed by atoms with Crippen molar-refractivity contribution in [2.75, 3.05) is 13.1 Å². The zero-order valence-electron chi connectivity index (χ0n) is 15.7. The fourth-order valence-corrected chi connectivity index (χ4v) is 5.07. The number of rotatable bonds is 4. The number of nitrogens with zero attached hydrogens (tertiary/aromatic N) is 2. The molecule has 0 N–H and O–H groups in total. The van der Waals surface area contributed by atoms with E-state index in [0.717, 1.165) is 10.4 Å². The van der Waals surface area contributed by atoms with Gasteiger partial charge in [0.1, 0.15) is 10.7 Å². The van der Waals surface area contributed by atoms with Crippen LogP contribution in [0.25, 0.3) is 0 Å². The van der Waals surface area contributed by atoms with E-state index in [1.54, 1.807) is 12.1 Å². The number of hydrogen-bond acceptors (Lipinski definition) is 6. The second-order valence-corrected chi connectivity index (χ2v) is 8.88. The van der Waals surface area contributed by atoms with Gasteiger partial charge in [0.05, 0.1) is 17.0 Å². The number of carbonyl (C=O) groups is 3. The van der Waals surface area contributed by atoms with Crippen molar-refractivity contribution in [3.05, 3.63) is 65.5 Å². The van der Waals surface area contributed by atoms with Crippen LogP contribution in [-0.2, 0) is 19.7 Å². The Hall–Kier alpha value is -3.11. The van der Waals surface area contributed by atoms with Crippen LogP contribution < -0.4 is 0 Å². The number of hydrogen-bond donors (Lipinski definition) is 0. The van der Waals surface area contributed by atoms with Crippen LogP contribution >= 0.6 is 0 Å². The molecule has 30 heavy (non-hydrogen) atoms. The van der Waals surface area contributed by atoms with E-state index in [1.165, 1.54) is 30.3 Å². The normalized spacial score (nSPS) is 17.8. The fraction of sp³-hybridized carbons (Fsp3) is 0.250. The van der Waals surface area contributed by atoms with Crippen LogP contribution in [-0.4, -0.2) is 48.7 Å². The van der Waals surface area contributed by atoms with Gasteiger partial charge in [-0.3, -0.25) is 9.59 Å². The van der Waals surface area contributed by atoms with E-state index in [0.29, 0.717) is 5.06 Å². The first-order valence-corrected chi connectivity index (χ1v) is 10.7. The lowest BCUT2D eigenvalue weighted by molar-refractivity contribution is -0.175. The van der Waals surface area contributed by atoms with Gasteiger partial charge in [-0.25, -0.2) is 17.6 Å². The highest BCUT2D eigenvalue weighted by Gasteiger charge is 2.41. The minimum atomic E-state index is -4.03. The molecule has 2 aliphatic rings. The maximum Gasteiger partial charge on any atom is 0.336 e. The summed E-state index contributed by atoms with van der Waals surface area (Å²) in [6.45, 7) is -0.0306. The zero-order chi connectivity index (χ0) is 21.5. The number of fused-ring (bicyclic) bond motifs is 1. The highest BCUT2D eigenvalue weighted by molar-refractivity contribution is 7.89. The lowest BCUT2D eigenvalue weighted by atomic mass is 9.99. The molecular formula is C20H17FN2O6S. The maximum atomic E-state index is 13.9. The Labute approximate surface area is 171 Å². The van der Waals surface area contributed by atoms with Crippen molar-refractivity contribution in [1.82, 2.24) is 9.37 Å². The fourth-order valence-electron chi connectivity index (χ4n) is 3.54. The minimum Gasteiger partial charge on any atom is -0.329 e. The van der Waals surface area contributed by atoms with E-state index in [9.17, 15) is 27.2 Å². The van der Waals surface area contributed by atoms with Crippen molar-refractivity contribution in [2.45, 2.75) is 17.7 Å². The van der Waals surface area contributed by atoms with Crippen molar-refractivity contribution in [1.29, 1.82) is 0 Å². The summed E-state index contributed by atoms with van der Waals surface area (Å²) < 4.78 is 40.3. The van der Waals surface area contributed by atoms with Gasteiger partial charge < -0.3 is 4.84 Å². The largest absolute Gasteiger partial charge is 0.336 e. The van der Waals surface area contributed by atoms with E-state index in [-0.39, 0.29) is 37.1 Å². The summed E-state index contributed by atoms with van der Waals surface area (Å²) in [4.78, 5) is 41.7. The molecule has 0 unspecified atom stereocenters. The number of halogens is 1. The molecule has 2 heterocycles. The molecule has 2 aromatic rings. The molecule has 156 valence electrons. The van der Waals surface area contributed by atoms with Gasteiger partial charge in [0.15, 0.2) is 0 Å². The Morgan fingerprint density at radius 3 is 2.03 bits per heavy atom. The average molecular weight is 432 g/mol. The lowest BCUT2D eigenvalue weighted by Gasteiger charge is -2.30. The van der Waals surface area contributed by atoms with E-state index >= 15 is 0 Å². The summed E-state index contributed by atoms with van der Waals surface area (Å²) in [5, 5.41) is 0.440. The molecule has 0 saturated carbocycles. The van der Waals surface area contributed by atoms with Gasteiger partial charge in [-0.05, 0) is 37.1 Å². The highest BCUT2D eigenvalue weighted by Crippen LogP contribution is 2.28. The van der Waals surface area contributed by atoms with Crippen LogP contribution in [0.2, 0.25) is 0 Å². The highest BCUT2D eigenvalue weighted by atomic mass is 32.2. The summed E-state index contributed by atoms with van der Waals surface area (Å²) in [5.41, 5.74) is 0.308. The molecular weight excluding hydrogens is 415 g/mol. The standard InChI is InChI=1S/C20H17FN2O6S/c21-16-7-3-4-8-17(16)30(27,28)22-11-9-13(10-12-22)20(26)29-23-18(24)14-5-1-2-6-15(14)19(23)25/h1-8,13H,9-12H2. The third-order valence-electron chi connectivity index (χ3n) is 5.18. The predicted molar refractivity (Wildman–Crippen MR) is 101 cm³/mol. The molecule has 2 aromatic carbocycles.